The Balaban J connectivity index is 3.21. The molecule has 1 unspecified atom stereocenters. The van der Waals surface area contributed by atoms with Gasteiger partial charge in [-0.15, -0.1) is 0 Å². The third-order valence-corrected chi connectivity index (χ3v) is 2.51. The maximum Gasteiger partial charge on any atom is 0.416 e. The van der Waals surface area contributed by atoms with Crippen LogP contribution in [0.3, 0.4) is 0 Å². The first kappa shape index (κ1) is 13.0. The van der Waals surface area contributed by atoms with Crippen molar-refractivity contribution in [3.63, 3.8) is 0 Å². The van der Waals surface area contributed by atoms with E-state index in [0.717, 1.165) is 17.7 Å². The van der Waals surface area contributed by atoms with Crippen molar-refractivity contribution in [2.45, 2.75) is 25.4 Å². The van der Waals surface area contributed by atoms with E-state index in [4.69, 9.17) is 5.11 Å². The van der Waals surface area contributed by atoms with E-state index in [-0.39, 0.29) is 6.61 Å². The number of halogens is 3. The number of hydrogen-bond acceptors (Lipinski definition) is 1. The van der Waals surface area contributed by atoms with E-state index >= 15 is 0 Å². The molecule has 1 aromatic rings. The molecule has 89 valence electrons. The molecule has 16 heavy (non-hydrogen) atoms. The summed E-state index contributed by atoms with van der Waals surface area (Å²) in [5.41, 5.74) is 0.573. The Morgan fingerprint density at radius 2 is 2.00 bits per heavy atom. The Bertz CT molecular complexity index is 358. The summed E-state index contributed by atoms with van der Waals surface area (Å²) in [6, 6.07) is 3.59. The van der Waals surface area contributed by atoms with Gasteiger partial charge < -0.3 is 5.11 Å². The van der Waals surface area contributed by atoms with Gasteiger partial charge in [-0.3, -0.25) is 0 Å². The average Bonchev–Trinajstić information content (AvgIpc) is 2.25. The third kappa shape index (κ3) is 2.76. The molecule has 1 radical (unpaired) electrons. The van der Waals surface area contributed by atoms with E-state index in [0.29, 0.717) is 12.0 Å². The van der Waals surface area contributed by atoms with E-state index in [9.17, 15) is 13.2 Å². The van der Waals surface area contributed by atoms with Crippen LogP contribution in [0, 0.1) is 6.92 Å². The molecule has 0 amide bonds. The molecule has 1 atom stereocenters. The largest absolute Gasteiger partial charge is 0.416 e. The zero-order valence-corrected chi connectivity index (χ0v) is 9.01. The molecule has 1 nitrogen and oxygen atoms in total. The average molecular weight is 231 g/mol. The van der Waals surface area contributed by atoms with Crippen molar-refractivity contribution < 1.29 is 18.3 Å². The minimum Gasteiger partial charge on any atom is -0.396 e. The second-order valence-electron chi connectivity index (χ2n) is 3.64. The second-order valence-corrected chi connectivity index (χ2v) is 3.64. The maximum absolute atomic E-state index is 12.5. The van der Waals surface area contributed by atoms with Crippen molar-refractivity contribution in [2.24, 2.45) is 0 Å². The van der Waals surface area contributed by atoms with E-state index < -0.39 is 17.7 Å². The van der Waals surface area contributed by atoms with Gasteiger partial charge >= 0.3 is 6.18 Å². The summed E-state index contributed by atoms with van der Waals surface area (Å²) in [6.07, 6.45) is -3.73. The fraction of sp³-hybridized carbons (Fsp3) is 0.417. The first-order chi connectivity index (χ1) is 7.40. The molecule has 0 aliphatic carbocycles. The van der Waals surface area contributed by atoms with E-state index in [2.05, 4.69) is 6.92 Å². The summed E-state index contributed by atoms with van der Waals surface area (Å²) in [5.74, 6) is -0.516. The Kier molecular flexibility index (Phi) is 3.97. The Morgan fingerprint density at radius 3 is 2.44 bits per heavy atom. The van der Waals surface area contributed by atoms with E-state index in [1.165, 1.54) is 6.07 Å². The highest BCUT2D eigenvalue weighted by Crippen LogP contribution is 2.32. The molecule has 4 heteroatoms. The van der Waals surface area contributed by atoms with Gasteiger partial charge in [0.1, 0.15) is 0 Å². The lowest BCUT2D eigenvalue weighted by Gasteiger charge is -2.16. The Morgan fingerprint density at radius 1 is 1.38 bits per heavy atom. The van der Waals surface area contributed by atoms with Crippen LogP contribution in [0.5, 0.6) is 0 Å². The molecule has 0 bridgehead atoms. The van der Waals surface area contributed by atoms with Crippen molar-refractivity contribution in [3.8, 4) is 0 Å². The van der Waals surface area contributed by atoms with Gasteiger partial charge in [0.05, 0.1) is 5.56 Å². The van der Waals surface area contributed by atoms with Crippen LogP contribution in [-0.2, 0) is 12.6 Å². The standard InChI is InChI=1S/C12H14F3O/c1-3-9-4-5-10(12(13,14)15)6-11(9)8(2)7-16/h4-6,8,16H,2-3,7H2,1H3. The zero-order valence-electron chi connectivity index (χ0n) is 9.01. The minimum atomic E-state index is -4.35. The number of aliphatic hydroxyl groups excluding tert-OH is 1. The highest BCUT2D eigenvalue weighted by atomic mass is 19.4. The lowest BCUT2D eigenvalue weighted by atomic mass is 9.93. The summed E-state index contributed by atoms with van der Waals surface area (Å²) < 4.78 is 37.5. The van der Waals surface area contributed by atoms with Crippen LogP contribution in [-0.4, -0.2) is 11.7 Å². The minimum absolute atomic E-state index is 0.256. The molecular formula is C12H14F3O. The Labute approximate surface area is 92.9 Å². The van der Waals surface area contributed by atoms with Crippen LogP contribution < -0.4 is 0 Å². The van der Waals surface area contributed by atoms with Crippen LogP contribution in [0.25, 0.3) is 0 Å². The molecule has 0 fully saturated rings. The van der Waals surface area contributed by atoms with E-state index in [1.807, 2.05) is 6.92 Å². The van der Waals surface area contributed by atoms with Gasteiger partial charge in [-0.2, -0.15) is 13.2 Å². The van der Waals surface area contributed by atoms with E-state index in [1.54, 1.807) is 0 Å². The van der Waals surface area contributed by atoms with Crippen LogP contribution in [0.1, 0.15) is 29.5 Å². The summed E-state index contributed by atoms with van der Waals surface area (Å²) in [7, 11) is 0. The lowest BCUT2D eigenvalue weighted by Crippen LogP contribution is -2.09. The SMILES string of the molecule is [CH2]C(CO)c1cc(C(F)(F)F)ccc1CC. The highest BCUT2D eigenvalue weighted by molar-refractivity contribution is 5.36. The molecule has 1 rings (SSSR count). The molecule has 0 spiro atoms. The first-order valence-electron chi connectivity index (χ1n) is 5.04. The third-order valence-electron chi connectivity index (χ3n) is 2.51. The van der Waals surface area contributed by atoms with Crippen molar-refractivity contribution in [3.05, 3.63) is 41.8 Å². The van der Waals surface area contributed by atoms with Crippen molar-refractivity contribution in [1.29, 1.82) is 0 Å². The summed E-state index contributed by atoms with van der Waals surface area (Å²) in [5, 5.41) is 8.96. The number of aryl methyl sites for hydroxylation is 1. The van der Waals surface area contributed by atoms with Gasteiger partial charge in [0.25, 0.3) is 0 Å². The molecule has 0 saturated heterocycles. The Hall–Kier alpha value is -1.03. The molecule has 0 aliphatic heterocycles. The number of alkyl halides is 3. The highest BCUT2D eigenvalue weighted by Gasteiger charge is 2.31. The molecule has 0 saturated carbocycles. The van der Waals surface area contributed by atoms with Gasteiger partial charge in [-0.05, 0) is 36.6 Å². The number of hydrogen-bond donors (Lipinski definition) is 1. The van der Waals surface area contributed by atoms with Gasteiger partial charge in [-0.1, -0.05) is 13.0 Å². The number of aliphatic hydroxyl groups is 1. The van der Waals surface area contributed by atoms with Crippen LogP contribution in [0.15, 0.2) is 18.2 Å². The molecule has 0 heterocycles. The maximum atomic E-state index is 12.5. The fourth-order valence-electron chi connectivity index (χ4n) is 1.57. The normalized spacial score (nSPS) is 13.9. The number of rotatable bonds is 3. The summed E-state index contributed by atoms with van der Waals surface area (Å²) in [6.45, 7) is 5.24. The van der Waals surface area contributed by atoms with Crippen LogP contribution >= 0.6 is 0 Å². The topological polar surface area (TPSA) is 20.2 Å². The molecule has 1 aromatic carbocycles. The predicted octanol–water partition coefficient (Wildman–Crippen LogP) is 3.18. The smallest absolute Gasteiger partial charge is 0.396 e. The van der Waals surface area contributed by atoms with Crippen molar-refractivity contribution in [1.82, 2.24) is 0 Å². The van der Waals surface area contributed by atoms with Crippen molar-refractivity contribution in [2.75, 3.05) is 6.61 Å². The molecule has 1 N–H and O–H groups in total. The molecule has 0 aliphatic rings. The molecule has 0 aromatic heterocycles. The summed E-state index contributed by atoms with van der Waals surface area (Å²) in [4.78, 5) is 0. The predicted molar refractivity (Wildman–Crippen MR) is 56.0 cm³/mol. The van der Waals surface area contributed by atoms with Crippen LogP contribution in [0.4, 0.5) is 13.2 Å². The van der Waals surface area contributed by atoms with Crippen molar-refractivity contribution >= 4 is 0 Å². The quantitative estimate of drug-likeness (QED) is 0.847. The fourth-order valence-corrected chi connectivity index (χ4v) is 1.57. The summed E-state index contributed by atoms with van der Waals surface area (Å²) >= 11 is 0. The zero-order chi connectivity index (χ0) is 12.3. The molecular weight excluding hydrogens is 217 g/mol. The lowest BCUT2D eigenvalue weighted by molar-refractivity contribution is -0.137. The first-order valence-corrected chi connectivity index (χ1v) is 5.04. The monoisotopic (exact) mass is 231 g/mol. The van der Waals surface area contributed by atoms with Gasteiger partial charge in [0.2, 0.25) is 0 Å². The van der Waals surface area contributed by atoms with Crippen LogP contribution in [0.2, 0.25) is 0 Å². The van der Waals surface area contributed by atoms with Gasteiger partial charge in [0, 0.05) is 12.5 Å². The van der Waals surface area contributed by atoms with Gasteiger partial charge in [-0.25, -0.2) is 0 Å². The van der Waals surface area contributed by atoms with Gasteiger partial charge in [0.15, 0.2) is 0 Å². The second kappa shape index (κ2) is 4.87. The number of benzene rings is 1.